The molecule has 0 spiro atoms. The third-order valence-electron chi connectivity index (χ3n) is 10.9. The first-order valence-electron chi connectivity index (χ1n) is 21.4. The van der Waals surface area contributed by atoms with Crippen molar-refractivity contribution in [3.63, 3.8) is 0 Å². The molecule has 10 aromatic rings. The minimum absolute atomic E-state index is 0.0737. The average molecular weight is 683 g/mol. The van der Waals surface area contributed by atoms with Gasteiger partial charge in [0.25, 0.3) is 0 Å². The molecule has 4 unspecified atom stereocenters. The van der Waals surface area contributed by atoms with Crippen LogP contribution in [0, 0.1) is 0 Å². The van der Waals surface area contributed by atoms with Crippen LogP contribution >= 0.6 is 0 Å². The highest BCUT2D eigenvalue weighted by molar-refractivity contribution is 6.16. The Morgan fingerprint density at radius 3 is 2.04 bits per heavy atom. The largest absolute Gasteiger partial charge is 0.456 e. The van der Waals surface area contributed by atoms with Gasteiger partial charge in [-0.1, -0.05) is 152 Å². The van der Waals surface area contributed by atoms with Crippen molar-refractivity contribution in [3.05, 3.63) is 193 Å². The van der Waals surface area contributed by atoms with Crippen LogP contribution in [0.4, 0.5) is 0 Å². The van der Waals surface area contributed by atoms with Gasteiger partial charge in [0.1, 0.15) is 11.2 Å². The molecule has 1 aromatic heterocycles. The van der Waals surface area contributed by atoms with Gasteiger partial charge in [-0.25, -0.2) is 0 Å². The van der Waals surface area contributed by atoms with Crippen LogP contribution in [0.5, 0.6) is 0 Å². The van der Waals surface area contributed by atoms with Crippen molar-refractivity contribution in [2.24, 2.45) is 0 Å². The maximum absolute atomic E-state index is 9.85. The highest BCUT2D eigenvalue weighted by Crippen LogP contribution is 2.46. The van der Waals surface area contributed by atoms with E-state index in [-0.39, 0.29) is 34.8 Å². The fourth-order valence-electron chi connectivity index (χ4n) is 8.47. The molecule has 4 atom stereocenters. The molecule has 250 valence electrons. The molecular formula is C52H36O. The van der Waals surface area contributed by atoms with Crippen LogP contribution in [-0.2, 0) is 12.8 Å². The average Bonchev–Trinajstić information content (AvgIpc) is 3.65. The van der Waals surface area contributed by atoms with Crippen LogP contribution in [0.3, 0.4) is 0 Å². The Bertz CT molecular complexity index is 3280. The number of fused-ring (bicyclic) bond motifs is 7. The van der Waals surface area contributed by atoms with Crippen molar-refractivity contribution in [2.45, 2.75) is 25.1 Å². The molecular weight excluding hydrogens is 641 g/mol. The lowest BCUT2D eigenvalue weighted by Crippen LogP contribution is -2.14. The molecule has 1 aliphatic carbocycles. The van der Waals surface area contributed by atoms with Crippen molar-refractivity contribution in [2.75, 3.05) is 0 Å². The number of furan rings is 1. The summed E-state index contributed by atoms with van der Waals surface area (Å²) < 4.78 is 64.0. The number of rotatable bonds is 4. The van der Waals surface area contributed by atoms with Crippen molar-refractivity contribution in [1.29, 1.82) is 0 Å². The second kappa shape index (κ2) is 12.1. The highest BCUT2D eigenvalue weighted by atomic mass is 16.3. The van der Waals surface area contributed by atoms with E-state index in [2.05, 4.69) is 60.7 Å². The summed E-state index contributed by atoms with van der Waals surface area (Å²) in [5, 5.41) is 7.98. The molecule has 53 heavy (non-hydrogen) atoms. The van der Waals surface area contributed by atoms with Gasteiger partial charge in [-0.3, -0.25) is 0 Å². The van der Waals surface area contributed by atoms with Crippen molar-refractivity contribution in [1.82, 2.24) is 0 Å². The van der Waals surface area contributed by atoms with E-state index >= 15 is 0 Å². The van der Waals surface area contributed by atoms with E-state index in [1.54, 1.807) is 0 Å². The van der Waals surface area contributed by atoms with Crippen LogP contribution in [0.25, 0.3) is 87.6 Å². The molecule has 1 heterocycles. The zero-order chi connectivity index (χ0) is 40.1. The van der Waals surface area contributed by atoms with Crippen molar-refractivity contribution < 1.29 is 12.6 Å². The van der Waals surface area contributed by atoms with E-state index in [1.807, 2.05) is 97.1 Å². The van der Waals surface area contributed by atoms with Gasteiger partial charge in [-0.2, -0.15) is 0 Å². The molecule has 0 aliphatic heterocycles. The Labute approximate surface area is 317 Å². The van der Waals surface area contributed by atoms with Crippen LogP contribution < -0.4 is 0 Å². The summed E-state index contributed by atoms with van der Waals surface area (Å²) in [5.74, 6) is -0.790. The van der Waals surface area contributed by atoms with Crippen molar-refractivity contribution in [3.8, 4) is 33.4 Å². The molecule has 0 saturated heterocycles. The Hall–Kier alpha value is -6.44. The molecule has 0 fully saturated rings. The number of hydrogen-bond acceptors (Lipinski definition) is 1. The van der Waals surface area contributed by atoms with Crippen LogP contribution in [0.2, 0.25) is 0 Å². The molecule has 0 saturated carbocycles. The summed E-state index contributed by atoms with van der Waals surface area (Å²) in [6, 6.07) is 52.4. The van der Waals surface area contributed by atoms with Gasteiger partial charge >= 0.3 is 0 Å². The Morgan fingerprint density at radius 2 is 1.23 bits per heavy atom. The monoisotopic (exact) mass is 682 g/mol. The third-order valence-corrected chi connectivity index (χ3v) is 10.9. The van der Waals surface area contributed by atoms with E-state index in [4.69, 9.17) is 4.42 Å². The molecule has 0 bridgehead atoms. The molecule has 0 amide bonds. The molecule has 0 radical (unpaired) electrons. The molecule has 0 N–H and O–H groups in total. The summed E-state index contributed by atoms with van der Waals surface area (Å²) in [5.41, 5.74) is 7.48. The molecule has 1 aliphatic rings. The minimum Gasteiger partial charge on any atom is -0.456 e. The fourth-order valence-corrected chi connectivity index (χ4v) is 8.47. The smallest absolute Gasteiger partial charge is 0.136 e. The van der Waals surface area contributed by atoms with E-state index < -0.39 is 25.1 Å². The zero-order valence-corrected chi connectivity index (χ0v) is 28.7. The van der Waals surface area contributed by atoms with Gasteiger partial charge in [0, 0.05) is 14.9 Å². The molecule has 1 heteroatoms. The lowest BCUT2D eigenvalue weighted by Gasteiger charge is -2.29. The quantitative estimate of drug-likeness (QED) is 0.168. The second-order valence-corrected chi connectivity index (χ2v) is 13.9. The van der Waals surface area contributed by atoms with Gasteiger partial charge in [-0.05, 0) is 132 Å². The first-order valence-corrected chi connectivity index (χ1v) is 18.1. The van der Waals surface area contributed by atoms with Crippen LogP contribution in [0.1, 0.15) is 37.2 Å². The summed E-state index contributed by atoms with van der Waals surface area (Å²) in [6.45, 7) is 0. The van der Waals surface area contributed by atoms with E-state index in [0.29, 0.717) is 11.1 Å². The highest BCUT2D eigenvalue weighted by Gasteiger charge is 2.26. The van der Waals surface area contributed by atoms with Crippen LogP contribution in [-0.4, -0.2) is 0 Å². The van der Waals surface area contributed by atoms with E-state index in [9.17, 15) is 8.22 Å². The summed E-state index contributed by atoms with van der Waals surface area (Å²) >= 11 is 0. The minimum atomic E-state index is -1.22. The summed E-state index contributed by atoms with van der Waals surface area (Å²) in [7, 11) is 0. The second-order valence-electron chi connectivity index (χ2n) is 13.9. The normalized spacial score (nSPS) is 20.2. The first-order chi connectivity index (χ1) is 28.8. The Kier molecular flexibility index (Phi) is 5.63. The number of hydrogen-bond donors (Lipinski definition) is 0. The SMILES string of the molecule is [2H]c1c([2H])c2c(c([2H])c1-c1ccc3c(c1)oc1cccc(-c4ccc5ccccc5c4)c13)C([2H])C([2H])C(c1c3ccccc3c(-c3ccccc3)c3ccccc13)C2[2H]. The maximum Gasteiger partial charge on any atom is 0.136 e. The predicted octanol–water partition coefficient (Wildman–Crippen LogP) is 14.3. The Morgan fingerprint density at radius 1 is 0.509 bits per heavy atom. The van der Waals surface area contributed by atoms with Gasteiger partial charge in [0.2, 0.25) is 0 Å². The standard InChI is InChI=1S/C52H36O/c1-2-12-34(13-3-1)50-43-15-6-8-17-45(43)51(46-18-9-7-16-44(46)50)41-26-24-36-29-37(22-23-38(36)31-41)39-27-28-47-49(32-39)53-48-20-10-19-42(52(47)48)40-25-21-33-11-4-5-14-35(33)30-40/h1-23,25,27-30,32,41H,24,26,31H2/i22D,23D,24D,26D,29D,31D. The van der Waals surface area contributed by atoms with Gasteiger partial charge in [0.05, 0.1) is 4.11 Å². The van der Waals surface area contributed by atoms with Crippen molar-refractivity contribution >= 4 is 54.3 Å². The molecule has 1 nitrogen and oxygen atoms in total. The first kappa shape index (κ1) is 24.7. The van der Waals surface area contributed by atoms with Gasteiger partial charge in [-0.15, -0.1) is 0 Å². The van der Waals surface area contributed by atoms with E-state index in [0.717, 1.165) is 71.1 Å². The fraction of sp³-hybridized carbons (Fsp3) is 0.0769. The molecule has 9 aromatic carbocycles. The lowest BCUT2D eigenvalue weighted by molar-refractivity contribution is 0.592. The lowest BCUT2D eigenvalue weighted by atomic mass is 9.75. The predicted molar refractivity (Wildman–Crippen MR) is 224 cm³/mol. The third kappa shape index (κ3) is 4.92. The zero-order valence-electron chi connectivity index (χ0n) is 34.7. The molecule has 11 rings (SSSR count). The topological polar surface area (TPSA) is 13.1 Å². The summed E-state index contributed by atoms with van der Waals surface area (Å²) in [4.78, 5) is 0. The summed E-state index contributed by atoms with van der Waals surface area (Å²) in [6.07, 6.45) is -3.48. The Balaban J connectivity index is 1.06. The maximum atomic E-state index is 9.85. The van der Waals surface area contributed by atoms with Crippen LogP contribution in [0.15, 0.2) is 180 Å². The number of benzene rings is 9. The van der Waals surface area contributed by atoms with Gasteiger partial charge < -0.3 is 4.42 Å². The van der Waals surface area contributed by atoms with E-state index in [1.165, 1.54) is 5.39 Å². The van der Waals surface area contributed by atoms with Gasteiger partial charge in [0.15, 0.2) is 0 Å².